The summed E-state index contributed by atoms with van der Waals surface area (Å²) in [5, 5.41) is 3.42. The fourth-order valence-electron chi connectivity index (χ4n) is 1.38. The van der Waals surface area contributed by atoms with Crippen LogP contribution in [0.25, 0.3) is 11.2 Å². The molecule has 3 aromatic rings. The first-order chi connectivity index (χ1) is 8.33. The number of aromatic amines is 1. The standard InChI is InChI=1S/C9H8N6S2/c10-9-15-5(2-17-9)1-16-8-6-7(12-3-11-6)13-4-14-8/h2-4H,1H2,(H2,10,15)(H,11,12,13,14). The Morgan fingerprint density at radius 2 is 2.29 bits per heavy atom. The summed E-state index contributed by atoms with van der Waals surface area (Å²) in [5.74, 6) is 0.735. The van der Waals surface area contributed by atoms with Gasteiger partial charge in [-0.2, -0.15) is 0 Å². The monoisotopic (exact) mass is 264 g/mol. The number of thiazole rings is 1. The van der Waals surface area contributed by atoms with Crippen LogP contribution in [0, 0.1) is 0 Å². The van der Waals surface area contributed by atoms with E-state index in [4.69, 9.17) is 5.73 Å². The second kappa shape index (κ2) is 4.30. The molecule has 0 bridgehead atoms. The van der Waals surface area contributed by atoms with Gasteiger partial charge in [0.25, 0.3) is 0 Å². The average molecular weight is 264 g/mol. The number of fused-ring (bicyclic) bond motifs is 1. The largest absolute Gasteiger partial charge is 0.375 e. The lowest BCUT2D eigenvalue weighted by atomic mass is 10.6. The Morgan fingerprint density at radius 3 is 3.12 bits per heavy atom. The van der Waals surface area contributed by atoms with Crippen LogP contribution in [-0.4, -0.2) is 24.9 Å². The highest BCUT2D eigenvalue weighted by Crippen LogP contribution is 2.26. The molecule has 0 saturated heterocycles. The molecule has 3 rings (SSSR count). The lowest BCUT2D eigenvalue weighted by molar-refractivity contribution is 1.08. The smallest absolute Gasteiger partial charge is 0.181 e. The minimum Gasteiger partial charge on any atom is -0.375 e. The van der Waals surface area contributed by atoms with Crippen molar-refractivity contribution in [3.8, 4) is 0 Å². The molecule has 3 heterocycles. The molecule has 0 spiro atoms. The third kappa shape index (κ3) is 2.08. The number of nitrogens with zero attached hydrogens (tertiary/aromatic N) is 4. The van der Waals surface area contributed by atoms with Crippen molar-refractivity contribution in [3.63, 3.8) is 0 Å². The number of anilines is 1. The number of aromatic nitrogens is 5. The summed E-state index contributed by atoms with van der Waals surface area (Å²) in [6, 6.07) is 0. The van der Waals surface area contributed by atoms with Crippen molar-refractivity contribution < 1.29 is 0 Å². The summed E-state index contributed by atoms with van der Waals surface area (Å²) in [6.45, 7) is 0. The van der Waals surface area contributed by atoms with Crippen LogP contribution < -0.4 is 5.73 Å². The van der Waals surface area contributed by atoms with Gasteiger partial charge in [0.2, 0.25) is 0 Å². The van der Waals surface area contributed by atoms with Crippen molar-refractivity contribution in [2.24, 2.45) is 0 Å². The van der Waals surface area contributed by atoms with E-state index in [-0.39, 0.29) is 0 Å². The summed E-state index contributed by atoms with van der Waals surface area (Å²) >= 11 is 3.03. The summed E-state index contributed by atoms with van der Waals surface area (Å²) in [5.41, 5.74) is 8.08. The van der Waals surface area contributed by atoms with E-state index in [1.807, 2.05) is 5.38 Å². The number of H-pyrrole nitrogens is 1. The maximum absolute atomic E-state index is 5.58. The Hall–Kier alpha value is -1.67. The molecule has 0 radical (unpaired) electrons. The molecule has 86 valence electrons. The van der Waals surface area contributed by atoms with E-state index >= 15 is 0 Å². The minimum atomic E-state index is 0.593. The number of hydrogen-bond acceptors (Lipinski definition) is 7. The van der Waals surface area contributed by atoms with Gasteiger partial charge in [0.05, 0.1) is 12.0 Å². The molecule has 0 fully saturated rings. The van der Waals surface area contributed by atoms with Crippen LogP contribution in [0.4, 0.5) is 5.13 Å². The molecule has 0 aliphatic rings. The van der Waals surface area contributed by atoms with Crippen LogP contribution in [-0.2, 0) is 5.75 Å². The highest BCUT2D eigenvalue weighted by atomic mass is 32.2. The molecule has 0 atom stereocenters. The van der Waals surface area contributed by atoms with Gasteiger partial charge in [0.1, 0.15) is 16.9 Å². The zero-order valence-electron chi connectivity index (χ0n) is 8.62. The molecule has 6 nitrogen and oxygen atoms in total. The molecule has 0 saturated carbocycles. The predicted octanol–water partition coefficient (Wildman–Crippen LogP) is 1.68. The molecular formula is C9H8N6S2. The summed E-state index contributed by atoms with van der Waals surface area (Å²) in [6.07, 6.45) is 3.13. The molecule has 0 aliphatic carbocycles. The fraction of sp³-hybridized carbons (Fsp3) is 0.111. The molecule has 0 aromatic carbocycles. The number of nitrogens with two attached hydrogens (primary N) is 1. The number of nitrogens with one attached hydrogen (secondary N) is 1. The summed E-state index contributed by atoms with van der Waals surface area (Å²) in [4.78, 5) is 19.6. The van der Waals surface area contributed by atoms with E-state index in [1.54, 1.807) is 18.1 Å². The third-order valence-electron chi connectivity index (χ3n) is 2.11. The molecule has 17 heavy (non-hydrogen) atoms. The topological polar surface area (TPSA) is 93.4 Å². The first-order valence-corrected chi connectivity index (χ1v) is 6.66. The van der Waals surface area contributed by atoms with Crippen molar-refractivity contribution in [1.29, 1.82) is 0 Å². The number of hydrogen-bond donors (Lipinski definition) is 2. The Morgan fingerprint density at radius 1 is 1.35 bits per heavy atom. The Balaban J connectivity index is 1.83. The van der Waals surface area contributed by atoms with Crippen LogP contribution in [0.2, 0.25) is 0 Å². The fourth-order valence-corrected chi connectivity index (χ4v) is 2.90. The minimum absolute atomic E-state index is 0.593. The van der Waals surface area contributed by atoms with Crippen LogP contribution in [0.1, 0.15) is 5.69 Å². The second-order valence-corrected chi connectivity index (χ2v) is 5.10. The van der Waals surface area contributed by atoms with E-state index < -0.39 is 0 Å². The highest BCUT2D eigenvalue weighted by molar-refractivity contribution is 7.98. The van der Waals surface area contributed by atoms with Gasteiger partial charge < -0.3 is 10.7 Å². The summed E-state index contributed by atoms with van der Waals surface area (Å²) in [7, 11) is 0. The predicted molar refractivity (Wildman–Crippen MR) is 67.8 cm³/mol. The maximum Gasteiger partial charge on any atom is 0.181 e. The number of rotatable bonds is 3. The molecule has 8 heteroatoms. The van der Waals surface area contributed by atoms with Crippen molar-refractivity contribution in [2.45, 2.75) is 10.8 Å². The lowest BCUT2D eigenvalue weighted by Gasteiger charge is -1.98. The molecular weight excluding hydrogens is 256 g/mol. The van der Waals surface area contributed by atoms with Gasteiger partial charge in [0.15, 0.2) is 10.8 Å². The highest BCUT2D eigenvalue weighted by Gasteiger charge is 2.07. The van der Waals surface area contributed by atoms with Gasteiger partial charge >= 0.3 is 0 Å². The van der Waals surface area contributed by atoms with E-state index in [2.05, 4.69) is 24.9 Å². The molecule has 0 amide bonds. The van der Waals surface area contributed by atoms with Gasteiger partial charge in [-0.15, -0.1) is 11.3 Å². The lowest BCUT2D eigenvalue weighted by Crippen LogP contribution is -1.88. The van der Waals surface area contributed by atoms with Gasteiger partial charge in [0, 0.05) is 11.1 Å². The van der Waals surface area contributed by atoms with E-state index in [9.17, 15) is 0 Å². The number of imidazole rings is 1. The van der Waals surface area contributed by atoms with Gasteiger partial charge in [-0.3, -0.25) is 0 Å². The first-order valence-electron chi connectivity index (χ1n) is 4.79. The van der Waals surface area contributed by atoms with E-state index in [0.29, 0.717) is 10.8 Å². The Bertz CT molecular complexity index is 646. The second-order valence-electron chi connectivity index (χ2n) is 3.25. The SMILES string of the molecule is Nc1nc(CSc2ncnc3nc[nH]c23)cs1. The average Bonchev–Trinajstić information content (AvgIpc) is 2.94. The third-order valence-corrected chi connectivity index (χ3v) is 3.86. The number of thioether (sulfide) groups is 1. The summed E-state index contributed by atoms with van der Waals surface area (Å²) < 4.78 is 0. The molecule has 0 unspecified atom stereocenters. The maximum atomic E-state index is 5.58. The normalized spacial score (nSPS) is 11.1. The molecule has 3 N–H and O–H groups in total. The molecule has 0 aliphatic heterocycles. The quantitative estimate of drug-likeness (QED) is 0.552. The van der Waals surface area contributed by atoms with Gasteiger partial charge in [-0.1, -0.05) is 11.8 Å². The zero-order chi connectivity index (χ0) is 11.7. The molecule has 3 aromatic heterocycles. The van der Waals surface area contributed by atoms with Gasteiger partial charge in [-0.05, 0) is 0 Å². The van der Waals surface area contributed by atoms with Crippen LogP contribution in [0.15, 0.2) is 23.1 Å². The van der Waals surface area contributed by atoms with E-state index in [1.165, 1.54) is 17.7 Å². The van der Waals surface area contributed by atoms with Gasteiger partial charge in [-0.25, -0.2) is 19.9 Å². The van der Waals surface area contributed by atoms with Crippen molar-refractivity contribution in [3.05, 3.63) is 23.7 Å². The Labute approximate surface area is 105 Å². The zero-order valence-corrected chi connectivity index (χ0v) is 10.3. The van der Waals surface area contributed by atoms with Crippen LogP contribution >= 0.6 is 23.1 Å². The van der Waals surface area contributed by atoms with Crippen LogP contribution in [0.3, 0.4) is 0 Å². The van der Waals surface area contributed by atoms with Crippen LogP contribution in [0.5, 0.6) is 0 Å². The van der Waals surface area contributed by atoms with Crippen molar-refractivity contribution in [2.75, 3.05) is 5.73 Å². The van der Waals surface area contributed by atoms with Crippen molar-refractivity contribution >= 4 is 39.4 Å². The van der Waals surface area contributed by atoms with E-state index in [0.717, 1.165) is 22.0 Å². The van der Waals surface area contributed by atoms with Crippen molar-refractivity contribution in [1.82, 2.24) is 24.9 Å². The number of nitrogen functional groups attached to an aromatic ring is 1. The Kier molecular flexibility index (Phi) is 2.65. The first kappa shape index (κ1) is 10.5.